The minimum absolute atomic E-state index is 0.266. The Hall–Kier alpha value is -1.02. The predicted molar refractivity (Wildman–Crippen MR) is 62.9 cm³/mol. The molecule has 0 saturated heterocycles. The Morgan fingerprint density at radius 2 is 2.00 bits per heavy atom. The molecular formula is C14H18O2. The molecule has 16 heavy (non-hydrogen) atoms. The van der Waals surface area contributed by atoms with E-state index in [2.05, 4.69) is 19.1 Å². The summed E-state index contributed by atoms with van der Waals surface area (Å²) in [6.07, 6.45) is 4.62. The van der Waals surface area contributed by atoms with E-state index in [9.17, 15) is 0 Å². The molecule has 3 rings (SSSR count). The Labute approximate surface area is 96.6 Å². The molecule has 0 amide bonds. The lowest BCUT2D eigenvalue weighted by Crippen LogP contribution is -2.17. The maximum atomic E-state index is 5.89. The summed E-state index contributed by atoms with van der Waals surface area (Å²) in [4.78, 5) is 0. The standard InChI is InChI=1S/C14H18O2/c1-2-3-12-13-10(6-8-15-12)4-5-11-7-9-16-14(11)13/h4-5,12H,2-3,6-9H2,1H3/t12-/m1/s1. The number of hydrogen-bond acceptors (Lipinski definition) is 2. The van der Waals surface area contributed by atoms with Gasteiger partial charge in [-0.3, -0.25) is 0 Å². The predicted octanol–water partition coefficient (Wildman–Crippen LogP) is 3.04. The summed E-state index contributed by atoms with van der Waals surface area (Å²) in [7, 11) is 0. The van der Waals surface area contributed by atoms with Crippen molar-refractivity contribution < 1.29 is 9.47 Å². The average molecular weight is 218 g/mol. The van der Waals surface area contributed by atoms with Crippen LogP contribution in [-0.2, 0) is 17.6 Å². The van der Waals surface area contributed by atoms with Gasteiger partial charge in [0, 0.05) is 12.0 Å². The van der Waals surface area contributed by atoms with Gasteiger partial charge in [-0.15, -0.1) is 0 Å². The molecule has 1 aromatic carbocycles. The van der Waals surface area contributed by atoms with E-state index in [4.69, 9.17) is 9.47 Å². The fourth-order valence-electron chi connectivity index (χ4n) is 2.77. The molecule has 0 unspecified atom stereocenters. The molecule has 2 aliphatic rings. The number of ether oxygens (including phenoxy) is 2. The van der Waals surface area contributed by atoms with Crippen LogP contribution in [0.4, 0.5) is 0 Å². The maximum Gasteiger partial charge on any atom is 0.128 e. The van der Waals surface area contributed by atoms with E-state index in [1.54, 1.807) is 0 Å². The first-order valence-corrected chi connectivity index (χ1v) is 6.29. The minimum atomic E-state index is 0.266. The molecule has 1 aromatic rings. The summed E-state index contributed by atoms with van der Waals surface area (Å²) in [5.74, 6) is 1.13. The number of fused-ring (bicyclic) bond motifs is 3. The van der Waals surface area contributed by atoms with Gasteiger partial charge in [-0.2, -0.15) is 0 Å². The third-order valence-electron chi connectivity index (χ3n) is 3.55. The monoisotopic (exact) mass is 218 g/mol. The van der Waals surface area contributed by atoms with Crippen molar-refractivity contribution in [2.45, 2.75) is 38.7 Å². The molecule has 0 fully saturated rings. The first-order chi connectivity index (χ1) is 7.90. The molecule has 2 heteroatoms. The van der Waals surface area contributed by atoms with Gasteiger partial charge >= 0.3 is 0 Å². The molecule has 2 aliphatic heterocycles. The lowest BCUT2D eigenvalue weighted by Gasteiger charge is -2.27. The van der Waals surface area contributed by atoms with Gasteiger partial charge in [0.2, 0.25) is 0 Å². The smallest absolute Gasteiger partial charge is 0.128 e. The van der Waals surface area contributed by atoms with E-state index in [1.807, 2.05) is 0 Å². The summed E-state index contributed by atoms with van der Waals surface area (Å²) in [6.45, 7) is 3.91. The van der Waals surface area contributed by atoms with Gasteiger partial charge in [-0.25, -0.2) is 0 Å². The van der Waals surface area contributed by atoms with Crippen molar-refractivity contribution in [1.82, 2.24) is 0 Å². The van der Waals surface area contributed by atoms with Gasteiger partial charge in [-0.05, 0) is 24.0 Å². The second kappa shape index (κ2) is 4.10. The van der Waals surface area contributed by atoms with Crippen LogP contribution in [0.5, 0.6) is 5.75 Å². The Morgan fingerprint density at radius 1 is 1.19 bits per heavy atom. The van der Waals surface area contributed by atoms with Crippen molar-refractivity contribution in [1.29, 1.82) is 0 Å². The summed E-state index contributed by atoms with van der Waals surface area (Å²) in [6, 6.07) is 4.50. The molecule has 2 heterocycles. The highest BCUT2D eigenvalue weighted by Crippen LogP contribution is 2.41. The number of hydrogen-bond donors (Lipinski definition) is 0. The first kappa shape index (κ1) is 10.2. The highest BCUT2D eigenvalue weighted by Gasteiger charge is 2.28. The number of benzene rings is 1. The van der Waals surface area contributed by atoms with Gasteiger partial charge in [0.25, 0.3) is 0 Å². The highest BCUT2D eigenvalue weighted by atomic mass is 16.5. The van der Waals surface area contributed by atoms with Gasteiger partial charge in [0.15, 0.2) is 0 Å². The zero-order valence-electron chi connectivity index (χ0n) is 9.79. The van der Waals surface area contributed by atoms with Crippen LogP contribution in [0, 0.1) is 0 Å². The summed E-state index contributed by atoms with van der Waals surface area (Å²) in [5, 5.41) is 0. The quantitative estimate of drug-likeness (QED) is 0.759. The second-order valence-corrected chi connectivity index (χ2v) is 4.62. The Bertz CT molecular complexity index is 398. The van der Waals surface area contributed by atoms with Crippen molar-refractivity contribution >= 4 is 0 Å². The Balaban J connectivity index is 2.06. The largest absolute Gasteiger partial charge is 0.493 e. The van der Waals surface area contributed by atoms with Crippen molar-refractivity contribution in [3.8, 4) is 5.75 Å². The van der Waals surface area contributed by atoms with Crippen molar-refractivity contribution in [3.05, 3.63) is 28.8 Å². The summed E-state index contributed by atoms with van der Waals surface area (Å²) in [5.41, 5.74) is 4.15. The normalized spacial score (nSPS) is 22.4. The van der Waals surface area contributed by atoms with E-state index in [0.29, 0.717) is 0 Å². The molecule has 0 N–H and O–H groups in total. The minimum Gasteiger partial charge on any atom is -0.493 e. The van der Waals surface area contributed by atoms with Crippen LogP contribution in [0.3, 0.4) is 0 Å². The van der Waals surface area contributed by atoms with Crippen LogP contribution >= 0.6 is 0 Å². The topological polar surface area (TPSA) is 18.5 Å². The van der Waals surface area contributed by atoms with Crippen LogP contribution in [-0.4, -0.2) is 13.2 Å². The van der Waals surface area contributed by atoms with Crippen molar-refractivity contribution in [2.75, 3.05) is 13.2 Å². The molecule has 0 bridgehead atoms. The van der Waals surface area contributed by atoms with Crippen LogP contribution in [0.2, 0.25) is 0 Å². The van der Waals surface area contributed by atoms with Crippen LogP contribution in [0.1, 0.15) is 42.6 Å². The van der Waals surface area contributed by atoms with Gasteiger partial charge in [0.1, 0.15) is 5.75 Å². The summed E-state index contributed by atoms with van der Waals surface area (Å²) < 4.78 is 11.7. The molecule has 0 saturated carbocycles. The van der Waals surface area contributed by atoms with Crippen molar-refractivity contribution in [2.24, 2.45) is 0 Å². The zero-order valence-corrected chi connectivity index (χ0v) is 9.79. The molecule has 0 spiro atoms. The lowest BCUT2D eigenvalue weighted by atomic mass is 9.92. The van der Waals surface area contributed by atoms with Gasteiger partial charge in [-0.1, -0.05) is 25.5 Å². The van der Waals surface area contributed by atoms with Crippen molar-refractivity contribution in [3.63, 3.8) is 0 Å². The maximum absolute atomic E-state index is 5.89. The fourth-order valence-corrected chi connectivity index (χ4v) is 2.77. The third kappa shape index (κ3) is 1.52. The van der Waals surface area contributed by atoms with E-state index < -0.39 is 0 Å². The van der Waals surface area contributed by atoms with E-state index in [0.717, 1.165) is 44.6 Å². The highest BCUT2D eigenvalue weighted by molar-refractivity contribution is 5.50. The Morgan fingerprint density at radius 3 is 2.88 bits per heavy atom. The third-order valence-corrected chi connectivity index (χ3v) is 3.55. The fraction of sp³-hybridized carbons (Fsp3) is 0.571. The van der Waals surface area contributed by atoms with E-state index >= 15 is 0 Å². The van der Waals surface area contributed by atoms with Gasteiger partial charge in [0.05, 0.1) is 19.3 Å². The summed E-state index contributed by atoms with van der Waals surface area (Å²) >= 11 is 0. The molecular weight excluding hydrogens is 200 g/mol. The second-order valence-electron chi connectivity index (χ2n) is 4.62. The molecule has 0 aromatic heterocycles. The molecule has 2 nitrogen and oxygen atoms in total. The lowest BCUT2D eigenvalue weighted by molar-refractivity contribution is 0.0342. The molecule has 86 valence electrons. The van der Waals surface area contributed by atoms with Crippen LogP contribution in [0.25, 0.3) is 0 Å². The SMILES string of the molecule is CCC[C@H]1OCCc2ccc3c(c21)OCC3. The molecule has 0 aliphatic carbocycles. The molecule has 0 radical (unpaired) electrons. The molecule has 1 atom stereocenters. The van der Waals surface area contributed by atoms with Crippen LogP contribution in [0.15, 0.2) is 12.1 Å². The Kier molecular flexibility index (Phi) is 2.60. The average Bonchev–Trinajstić information content (AvgIpc) is 2.77. The zero-order chi connectivity index (χ0) is 11.0. The number of rotatable bonds is 2. The van der Waals surface area contributed by atoms with Gasteiger partial charge < -0.3 is 9.47 Å². The van der Waals surface area contributed by atoms with Crippen LogP contribution < -0.4 is 4.74 Å². The van der Waals surface area contributed by atoms with E-state index in [-0.39, 0.29) is 6.10 Å². The first-order valence-electron chi connectivity index (χ1n) is 6.29. The van der Waals surface area contributed by atoms with E-state index in [1.165, 1.54) is 16.7 Å².